The molecule has 1 fully saturated rings. The van der Waals surface area contributed by atoms with Crippen LogP contribution in [0.3, 0.4) is 0 Å². The zero-order valence-electron chi connectivity index (χ0n) is 12.1. The molecule has 0 amide bonds. The minimum Gasteiger partial charge on any atom is -0.393 e. The highest BCUT2D eigenvalue weighted by atomic mass is 32.2. The molecule has 1 aliphatic carbocycles. The van der Waals surface area contributed by atoms with E-state index >= 15 is 0 Å². The lowest BCUT2D eigenvalue weighted by molar-refractivity contribution is 0.0465. The van der Waals surface area contributed by atoms with Gasteiger partial charge in [-0.2, -0.15) is 0 Å². The zero-order chi connectivity index (χ0) is 14.8. The van der Waals surface area contributed by atoms with Crippen molar-refractivity contribution in [2.75, 3.05) is 24.2 Å². The van der Waals surface area contributed by atoms with Crippen LogP contribution < -0.4 is 4.90 Å². The summed E-state index contributed by atoms with van der Waals surface area (Å²) in [5.41, 5.74) is 1.02. The number of nitrogens with zero attached hydrogens (tertiary/aromatic N) is 1. The summed E-state index contributed by atoms with van der Waals surface area (Å²) < 4.78 is 23.9. The molecule has 0 atom stereocenters. The van der Waals surface area contributed by atoms with Crippen molar-refractivity contribution in [2.24, 2.45) is 5.92 Å². The van der Waals surface area contributed by atoms with Crippen LogP contribution in [0, 0.1) is 5.92 Å². The Labute approximate surface area is 121 Å². The van der Waals surface area contributed by atoms with Gasteiger partial charge in [-0.1, -0.05) is 6.92 Å². The van der Waals surface area contributed by atoms with Crippen LogP contribution in [-0.4, -0.2) is 39.0 Å². The largest absolute Gasteiger partial charge is 0.393 e. The van der Waals surface area contributed by atoms with Gasteiger partial charge in [0.15, 0.2) is 9.84 Å². The minimum atomic E-state index is -3.13. The summed E-state index contributed by atoms with van der Waals surface area (Å²) in [6.07, 6.45) is 2.24. The molecular formula is C15H23NO3S. The fraction of sp³-hybridized carbons (Fsp3) is 0.600. The van der Waals surface area contributed by atoms with Crippen molar-refractivity contribution in [3.05, 3.63) is 24.3 Å². The first-order valence-electron chi connectivity index (χ1n) is 7.14. The molecule has 1 aromatic carbocycles. The number of hydrogen-bond acceptors (Lipinski definition) is 4. The van der Waals surface area contributed by atoms with E-state index in [4.69, 9.17) is 0 Å². The second-order valence-corrected chi connectivity index (χ2v) is 7.79. The fourth-order valence-corrected chi connectivity index (χ4v) is 3.96. The van der Waals surface area contributed by atoms with Gasteiger partial charge in [-0.25, -0.2) is 8.42 Å². The van der Waals surface area contributed by atoms with Gasteiger partial charge in [0.05, 0.1) is 16.8 Å². The molecule has 0 aliphatic heterocycles. The van der Waals surface area contributed by atoms with E-state index in [9.17, 15) is 13.5 Å². The number of sulfone groups is 1. The Kier molecular flexibility index (Phi) is 4.70. The maximum Gasteiger partial charge on any atom is 0.178 e. The minimum absolute atomic E-state index is 0.130. The Hall–Kier alpha value is -1.07. The zero-order valence-corrected chi connectivity index (χ0v) is 12.9. The fourth-order valence-electron chi connectivity index (χ4n) is 2.64. The standard InChI is InChI=1S/C15H23NO3S/c1-3-8-20(18,19)15-6-4-13(5-7-15)16(2)11-12-9-14(17)10-12/h4-7,12,14,17H,3,8-11H2,1-2H3. The number of aliphatic hydroxyl groups is 1. The molecule has 0 aromatic heterocycles. The molecule has 1 aliphatic rings. The van der Waals surface area contributed by atoms with E-state index in [-0.39, 0.29) is 11.9 Å². The van der Waals surface area contributed by atoms with E-state index in [0.29, 0.717) is 17.2 Å². The second-order valence-electron chi connectivity index (χ2n) is 5.68. The number of aliphatic hydroxyl groups excluding tert-OH is 1. The molecule has 4 nitrogen and oxygen atoms in total. The Morgan fingerprint density at radius 3 is 2.35 bits per heavy atom. The van der Waals surface area contributed by atoms with Crippen molar-refractivity contribution in [3.63, 3.8) is 0 Å². The van der Waals surface area contributed by atoms with Gasteiger partial charge >= 0.3 is 0 Å². The molecule has 0 bridgehead atoms. The highest BCUT2D eigenvalue weighted by Gasteiger charge is 2.28. The van der Waals surface area contributed by atoms with E-state index in [1.165, 1.54) is 0 Å². The first kappa shape index (κ1) is 15.3. The van der Waals surface area contributed by atoms with Gasteiger partial charge in [0, 0.05) is 19.3 Å². The molecule has 0 saturated heterocycles. The van der Waals surface area contributed by atoms with Crippen LogP contribution in [0.25, 0.3) is 0 Å². The second kappa shape index (κ2) is 6.14. The van der Waals surface area contributed by atoms with E-state index in [0.717, 1.165) is 25.1 Å². The van der Waals surface area contributed by atoms with Gasteiger partial charge in [-0.15, -0.1) is 0 Å². The van der Waals surface area contributed by atoms with Gasteiger partial charge in [-0.3, -0.25) is 0 Å². The molecular weight excluding hydrogens is 274 g/mol. The van der Waals surface area contributed by atoms with Crippen molar-refractivity contribution < 1.29 is 13.5 Å². The third-order valence-corrected chi connectivity index (χ3v) is 5.79. The summed E-state index contributed by atoms with van der Waals surface area (Å²) in [6, 6.07) is 7.09. The highest BCUT2D eigenvalue weighted by molar-refractivity contribution is 7.91. The van der Waals surface area contributed by atoms with Crippen LogP contribution in [0.15, 0.2) is 29.2 Å². The van der Waals surface area contributed by atoms with Gasteiger partial charge in [0.2, 0.25) is 0 Å². The van der Waals surface area contributed by atoms with E-state index in [2.05, 4.69) is 4.90 Å². The Bertz CT molecular complexity index is 533. The molecule has 5 heteroatoms. The third kappa shape index (κ3) is 3.52. The van der Waals surface area contributed by atoms with Crippen LogP contribution in [0.4, 0.5) is 5.69 Å². The van der Waals surface area contributed by atoms with Crippen LogP contribution in [-0.2, 0) is 9.84 Å². The molecule has 1 N–H and O–H groups in total. The van der Waals surface area contributed by atoms with E-state index in [1.807, 2.05) is 26.1 Å². The summed E-state index contributed by atoms with van der Waals surface area (Å²) in [6.45, 7) is 2.77. The molecule has 112 valence electrons. The van der Waals surface area contributed by atoms with E-state index < -0.39 is 9.84 Å². The summed E-state index contributed by atoms with van der Waals surface area (Å²) in [4.78, 5) is 2.52. The number of hydrogen-bond donors (Lipinski definition) is 1. The first-order valence-corrected chi connectivity index (χ1v) is 8.79. The average Bonchev–Trinajstić information content (AvgIpc) is 2.37. The monoisotopic (exact) mass is 297 g/mol. The molecule has 1 aromatic rings. The maximum atomic E-state index is 11.9. The average molecular weight is 297 g/mol. The van der Waals surface area contributed by atoms with Gasteiger partial charge in [0.1, 0.15) is 0 Å². The van der Waals surface area contributed by atoms with Crippen molar-refractivity contribution in [1.82, 2.24) is 0 Å². The quantitative estimate of drug-likeness (QED) is 0.873. The smallest absolute Gasteiger partial charge is 0.178 e. The first-order chi connectivity index (χ1) is 9.42. The molecule has 0 unspecified atom stereocenters. The molecule has 20 heavy (non-hydrogen) atoms. The van der Waals surface area contributed by atoms with Crippen LogP contribution in [0.5, 0.6) is 0 Å². The van der Waals surface area contributed by atoms with Gasteiger partial charge in [-0.05, 0) is 49.4 Å². The van der Waals surface area contributed by atoms with Crippen LogP contribution in [0.1, 0.15) is 26.2 Å². The molecule has 0 spiro atoms. The van der Waals surface area contributed by atoms with Crippen molar-refractivity contribution in [1.29, 1.82) is 0 Å². The summed E-state index contributed by atoms with van der Waals surface area (Å²) in [5, 5.41) is 9.29. The normalized spacial score (nSPS) is 22.4. The number of benzene rings is 1. The topological polar surface area (TPSA) is 57.6 Å². The molecule has 2 rings (SSSR count). The Balaban J connectivity index is 2.00. The predicted octanol–water partition coefficient (Wildman–Crippen LogP) is 2.08. The SMILES string of the molecule is CCCS(=O)(=O)c1ccc(N(C)CC2CC(O)C2)cc1. The van der Waals surface area contributed by atoms with Crippen molar-refractivity contribution >= 4 is 15.5 Å². The van der Waals surface area contributed by atoms with E-state index in [1.54, 1.807) is 12.1 Å². The Morgan fingerprint density at radius 2 is 1.85 bits per heavy atom. The summed E-state index contributed by atoms with van der Waals surface area (Å²) >= 11 is 0. The summed E-state index contributed by atoms with van der Waals surface area (Å²) in [5.74, 6) is 0.737. The molecule has 0 heterocycles. The van der Waals surface area contributed by atoms with Gasteiger partial charge < -0.3 is 10.0 Å². The molecule has 0 radical (unpaired) electrons. The van der Waals surface area contributed by atoms with Crippen molar-refractivity contribution in [3.8, 4) is 0 Å². The van der Waals surface area contributed by atoms with Crippen LogP contribution in [0.2, 0.25) is 0 Å². The number of rotatable bonds is 6. The lowest BCUT2D eigenvalue weighted by Gasteiger charge is -2.35. The predicted molar refractivity (Wildman–Crippen MR) is 80.8 cm³/mol. The highest BCUT2D eigenvalue weighted by Crippen LogP contribution is 2.29. The lowest BCUT2D eigenvalue weighted by atomic mass is 9.82. The maximum absolute atomic E-state index is 11.9. The summed E-state index contributed by atoms with van der Waals surface area (Å²) in [7, 11) is -1.13. The molecule has 1 saturated carbocycles. The third-order valence-electron chi connectivity index (χ3n) is 3.85. The Morgan fingerprint density at radius 1 is 1.25 bits per heavy atom. The lowest BCUT2D eigenvalue weighted by Crippen LogP contribution is -2.37. The van der Waals surface area contributed by atoms with Gasteiger partial charge in [0.25, 0.3) is 0 Å². The number of anilines is 1. The van der Waals surface area contributed by atoms with Crippen molar-refractivity contribution in [2.45, 2.75) is 37.2 Å². The van der Waals surface area contributed by atoms with Crippen LogP contribution >= 0.6 is 0 Å².